The molecular formula is C18H16Cl2FN3O2S. The highest BCUT2D eigenvalue weighted by Crippen LogP contribution is 2.26. The third-order valence-corrected chi connectivity index (χ3v) is 6.08. The number of anilines is 1. The molecule has 0 fully saturated rings. The Hall–Kier alpha value is -2.09. The van der Waals surface area contributed by atoms with Crippen molar-refractivity contribution >= 4 is 39.0 Å². The molecule has 0 spiro atoms. The quantitative estimate of drug-likeness (QED) is 0.635. The van der Waals surface area contributed by atoms with E-state index in [1.165, 1.54) is 29.1 Å². The molecule has 0 saturated heterocycles. The first-order valence-corrected chi connectivity index (χ1v) is 10.2. The van der Waals surface area contributed by atoms with E-state index in [1.807, 2.05) is 6.92 Å². The fourth-order valence-electron chi connectivity index (χ4n) is 2.68. The molecule has 0 aliphatic carbocycles. The van der Waals surface area contributed by atoms with Crippen LogP contribution in [-0.2, 0) is 16.6 Å². The number of halogens is 3. The van der Waals surface area contributed by atoms with Gasteiger partial charge in [-0.05, 0) is 37.6 Å². The number of benzene rings is 2. The second kappa shape index (κ2) is 7.50. The van der Waals surface area contributed by atoms with Gasteiger partial charge in [0.15, 0.2) is 5.82 Å². The van der Waals surface area contributed by atoms with Gasteiger partial charge in [-0.3, -0.25) is 9.40 Å². The fraction of sp³-hybridized carbons (Fsp3) is 0.167. The number of aryl methyl sites for hydroxylation is 2. The zero-order valence-electron chi connectivity index (χ0n) is 14.5. The van der Waals surface area contributed by atoms with Gasteiger partial charge in [0.25, 0.3) is 10.0 Å². The molecule has 5 nitrogen and oxygen atoms in total. The van der Waals surface area contributed by atoms with E-state index >= 15 is 0 Å². The summed E-state index contributed by atoms with van der Waals surface area (Å²) in [6.07, 6.45) is 1.41. The molecule has 0 aliphatic heterocycles. The molecule has 0 radical (unpaired) electrons. The van der Waals surface area contributed by atoms with E-state index < -0.39 is 15.8 Å². The normalized spacial score (nSPS) is 11.6. The third-order valence-electron chi connectivity index (χ3n) is 3.95. The van der Waals surface area contributed by atoms with Gasteiger partial charge in [0.05, 0.1) is 11.4 Å². The smallest absolute Gasteiger partial charge is 0.263 e. The molecule has 0 amide bonds. The van der Waals surface area contributed by atoms with Crippen LogP contribution in [0.4, 0.5) is 10.2 Å². The van der Waals surface area contributed by atoms with Crippen molar-refractivity contribution in [1.82, 2.24) is 9.78 Å². The number of rotatable bonds is 5. The summed E-state index contributed by atoms with van der Waals surface area (Å²) >= 11 is 12.1. The summed E-state index contributed by atoms with van der Waals surface area (Å²) < 4.78 is 43.0. The average Bonchev–Trinajstić information content (AvgIpc) is 2.89. The van der Waals surface area contributed by atoms with Crippen LogP contribution >= 0.6 is 23.2 Å². The van der Waals surface area contributed by atoms with Gasteiger partial charge >= 0.3 is 0 Å². The number of nitrogens with one attached hydrogen (secondary N) is 1. The van der Waals surface area contributed by atoms with Crippen LogP contribution < -0.4 is 4.72 Å². The number of hydrogen-bond acceptors (Lipinski definition) is 3. The second-order valence-corrected chi connectivity index (χ2v) is 8.56. The van der Waals surface area contributed by atoms with Crippen molar-refractivity contribution in [3.63, 3.8) is 0 Å². The Morgan fingerprint density at radius 3 is 2.56 bits per heavy atom. The van der Waals surface area contributed by atoms with Crippen molar-refractivity contribution in [1.29, 1.82) is 0 Å². The molecule has 1 aromatic heterocycles. The first-order chi connectivity index (χ1) is 12.7. The second-order valence-electron chi connectivity index (χ2n) is 6.10. The molecule has 3 aromatic rings. The topological polar surface area (TPSA) is 64.0 Å². The summed E-state index contributed by atoms with van der Waals surface area (Å²) in [6, 6.07) is 9.36. The third kappa shape index (κ3) is 4.26. The lowest BCUT2D eigenvalue weighted by molar-refractivity contribution is 0.585. The maximum atomic E-state index is 13.9. The molecule has 0 saturated carbocycles. The zero-order chi connectivity index (χ0) is 19.8. The van der Waals surface area contributed by atoms with Crippen molar-refractivity contribution in [2.75, 3.05) is 4.72 Å². The molecule has 9 heteroatoms. The monoisotopic (exact) mass is 427 g/mol. The Morgan fingerprint density at radius 2 is 1.89 bits per heavy atom. The zero-order valence-corrected chi connectivity index (χ0v) is 16.8. The van der Waals surface area contributed by atoms with Crippen LogP contribution in [0.3, 0.4) is 0 Å². The first-order valence-electron chi connectivity index (χ1n) is 7.93. The Kier molecular flexibility index (Phi) is 5.46. The van der Waals surface area contributed by atoms with Crippen LogP contribution in [0, 0.1) is 19.7 Å². The minimum absolute atomic E-state index is 0.0104. The number of aromatic nitrogens is 2. The highest BCUT2D eigenvalue weighted by Gasteiger charge is 2.20. The van der Waals surface area contributed by atoms with Crippen molar-refractivity contribution in [3.8, 4) is 0 Å². The van der Waals surface area contributed by atoms with E-state index in [4.69, 9.17) is 23.2 Å². The lowest BCUT2D eigenvalue weighted by Crippen LogP contribution is -2.15. The van der Waals surface area contributed by atoms with Gasteiger partial charge in [-0.1, -0.05) is 47.0 Å². The highest BCUT2D eigenvalue weighted by molar-refractivity contribution is 7.92. The van der Waals surface area contributed by atoms with Gasteiger partial charge in [-0.15, -0.1) is 0 Å². The molecule has 0 atom stereocenters. The van der Waals surface area contributed by atoms with Crippen molar-refractivity contribution in [2.45, 2.75) is 25.3 Å². The average molecular weight is 428 g/mol. The minimum atomic E-state index is -3.87. The van der Waals surface area contributed by atoms with Crippen molar-refractivity contribution in [3.05, 3.63) is 75.1 Å². The SMILES string of the molecule is Cc1ccc(S(=O)(=O)Nc2nn(Cc3c(F)cccc3Cl)cc2Cl)c(C)c1. The Morgan fingerprint density at radius 1 is 1.15 bits per heavy atom. The van der Waals surface area contributed by atoms with Gasteiger partial charge in [-0.2, -0.15) is 5.10 Å². The van der Waals surface area contributed by atoms with E-state index in [0.717, 1.165) is 5.56 Å². The van der Waals surface area contributed by atoms with Gasteiger partial charge in [0.1, 0.15) is 10.8 Å². The van der Waals surface area contributed by atoms with Gasteiger partial charge < -0.3 is 0 Å². The molecule has 142 valence electrons. The molecule has 27 heavy (non-hydrogen) atoms. The Bertz CT molecular complexity index is 1090. The number of hydrogen-bond donors (Lipinski definition) is 1. The Labute approximate surface area is 166 Å². The largest absolute Gasteiger partial charge is 0.264 e. The van der Waals surface area contributed by atoms with Crippen LogP contribution in [0.5, 0.6) is 0 Å². The van der Waals surface area contributed by atoms with Gasteiger partial charge in [0.2, 0.25) is 0 Å². The van der Waals surface area contributed by atoms with Crippen LogP contribution in [0.1, 0.15) is 16.7 Å². The van der Waals surface area contributed by atoms with Crippen LogP contribution in [0.15, 0.2) is 47.5 Å². The molecule has 3 rings (SSSR count). The Balaban J connectivity index is 1.88. The molecule has 0 aliphatic rings. The van der Waals surface area contributed by atoms with E-state index in [2.05, 4.69) is 9.82 Å². The summed E-state index contributed by atoms with van der Waals surface area (Å²) in [4.78, 5) is 0.135. The summed E-state index contributed by atoms with van der Waals surface area (Å²) in [5.41, 5.74) is 1.80. The van der Waals surface area contributed by atoms with E-state index in [1.54, 1.807) is 25.1 Å². The summed E-state index contributed by atoms with van der Waals surface area (Å²) in [5, 5.41) is 4.46. The first kappa shape index (κ1) is 19.7. The maximum Gasteiger partial charge on any atom is 0.263 e. The lowest BCUT2D eigenvalue weighted by atomic mass is 10.2. The summed E-state index contributed by atoms with van der Waals surface area (Å²) in [6.45, 7) is 3.60. The molecule has 1 N–H and O–H groups in total. The van der Waals surface area contributed by atoms with E-state index in [0.29, 0.717) is 5.56 Å². The fourth-order valence-corrected chi connectivity index (χ4v) is 4.40. The summed E-state index contributed by atoms with van der Waals surface area (Å²) in [5.74, 6) is -0.518. The predicted octanol–water partition coefficient (Wildman–Crippen LogP) is 4.79. The van der Waals surface area contributed by atoms with E-state index in [-0.39, 0.29) is 32.9 Å². The predicted molar refractivity (Wildman–Crippen MR) is 104 cm³/mol. The number of nitrogens with zero attached hydrogens (tertiary/aromatic N) is 2. The highest BCUT2D eigenvalue weighted by atomic mass is 35.5. The van der Waals surface area contributed by atoms with Crippen molar-refractivity contribution < 1.29 is 12.8 Å². The lowest BCUT2D eigenvalue weighted by Gasteiger charge is -2.09. The van der Waals surface area contributed by atoms with Gasteiger partial charge in [0, 0.05) is 16.8 Å². The molecule has 0 bridgehead atoms. The van der Waals surface area contributed by atoms with E-state index in [9.17, 15) is 12.8 Å². The number of sulfonamides is 1. The minimum Gasteiger partial charge on any atom is -0.264 e. The molecule has 2 aromatic carbocycles. The molecular weight excluding hydrogens is 412 g/mol. The van der Waals surface area contributed by atoms with Crippen LogP contribution in [0.2, 0.25) is 10.0 Å². The molecule has 1 heterocycles. The van der Waals surface area contributed by atoms with Crippen LogP contribution in [0.25, 0.3) is 0 Å². The molecule has 0 unspecified atom stereocenters. The maximum absolute atomic E-state index is 13.9. The summed E-state index contributed by atoms with van der Waals surface area (Å²) in [7, 11) is -3.87. The van der Waals surface area contributed by atoms with Crippen LogP contribution in [-0.4, -0.2) is 18.2 Å². The standard InChI is InChI=1S/C18H16Cl2FN3O2S/c1-11-6-7-17(12(2)8-11)27(25,26)23-18-15(20)10-24(22-18)9-13-14(19)4-3-5-16(13)21/h3-8,10H,9H2,1-2H3,(H,22,23). The van der Waals surface area contributed by atoms with Crippen molar-refractivity contribution in [2.24, 2.45) is 0 Å². The van der Waals surface area contributed by atoms with Gasteiger partial charge in [-0.25, -0.2) is 12.8 Å².